The van der Waals surface area contributed by atoms with E-state index in [1.54, 1.807) is 91.0 Å². The summed E-state index contributed by atoms with van der Waals surface area (Å²) in [4.78, 5) is 52.8. The summed E-state index contributed by atoms with van der Waals surface area (Å²) in [6.45, 7) is 1.89. The second kappa shape index (κ2) is 15.2. The zero-order valence-electron chi connectivity index (χ0n) is 24.8. The number of amidine groups is 1. The molecule has 9 nitrogen and oxygen atoms in total. The molecule has 1 atom stereocenters. The van der Waals surface area contributed by atoms with Gasteiger partial charge >= 0.3 is 0 Å². The lowest BCUT2D eigenvalue weighted by molar-refractivity contribution is -0.119. The van der Waals surface area contributed by atoms with Crippen LogP contribution < -0.4 is 21.0 Å². The van der Waals surface area contributed by atoms with E-state index in [4.69, 9.17) is 11.6 Å². The zero-order chi connectivity index (χ0) is 32.5. The number of amides is 4. The highest BCUT2D eigenvalue weighted by Crippen LogP contribution is 2.28. The van der Waals surface area contributed by atoms with Gasteiger partial charge in [-0.25, -0.2) is 0 Å². The van der Waals surface area contributed by atoms with E-state index < -0.39 is 17.1 Å². The third-order valence-electron chi connectivity index (χ3n) is 6.77. The van der Waals surface area contributed by atoms with Crippen molar-refractivity contribution in [1.82, 2.24) is 10.6 Å². The van der Waals surface area contributed by atoms with Crippen molar-refractivity contribution in [3.63, 3.8) is 0 Å². The minimum atomic E-state index is -0.539. The molecule has 0 bridgehead atoms. The van der Waals surface area contributed by atoms with Crippen LogP contribution in [0.5, 0.6) is 0 Å². The van der Waals surface area contributed by atoms with Crippen LogP contribution in [0.1, 0.15) is 35.7 Å². The summed E-state index contributed by atoms with van der Waals surface area (Å²) >= 11 is 7.47. The molecule has 1 aliphatic heterocycles. The summed E-state index contributed by atoms with van der Waals surface area (Å²) in [5, 5.41) is 14.0. The summed E-state index contributed by atoms with van der Waals surface area (Å²) in [5.74, 6) is -1.20. The summed E-state index contributed by atoms with van der Waals surface area (Å²) in [6, 6.07) is 31.6. The monoisotopic (exact) mass is 651 g/mol. The Morgan fingerprint density at radius 1 is 0.913 bits per heavy atom. The van der Waals surface area contributed by atoms with Crippen LogP contribution in [0.25, 0.3) is 6.08 Å². The molecule has 1 aliphatic rings. The molecule has 232 valence electrons. The van der Waals surface area contributed by atoms with Crippen molar-refractivity contribution in [2.24, 2.45) is 5.10 Å². The van der Waals surface area contributed by atoms with Crippen molar-refractivity contribution in [3.8, 4) is 0 Å². The van der Waals surface area contributed by atoms with Crippen molar-refractivity contribution < 1.29 is 19.2 Å². The van der Waals surface area contributed by atoms with Gasteiger partial charge in [-0.2, -0.15) is 10.1 Å². The lowest BCUT2D eigenvalue weighted by Crippen LogP contribution is -2.36. The number of hydrazone groups is 1. The fraction of sp³-hybridized carbons (Fsp3) is 0.114. The normalized spacial score (nSPS) is 13.5. The van der Waals surface area contributed by atoms with E-state index >= 15 is 0 Å². The molecule has 4 aromatic carbocycles. The maximum Gasteiger partial charge on any atom is 0.272 e. The van der Waals surface area contributed by atoms with Gasteiger partial charge in [0.25, 0.3) is 17.7 Å². The Morgan fingerprint density at radius 3 is 2.35 bits per heavy atom. The number of halogens is 1. The van der Waals surface area contributed by atoms with Gasteiger partial charge in [-0.1, -0.05) is 73.1 Å². The molecule has 11 heteroatoms. The van der Waals surface area contributed by atoms with Crippen LogP contribution in [0.3, 0.4) is 0 Å². The highest BCUT2D eigenvalue weighted by molar-refractivity contribution is 8.00. The van der Waals surface area contributed by atoms with Gasteiger partial charge in [0.15, 0.2) is 0 Å². The van der Waals surface area contributed by atoms with Gasteiger partial charge in [-0.3, -0.25) is 19.2 Å². The molecule has 4 aromatic rings. The van der Waals surface area contributed by atoms with Gasteiger partial charge < -0.3 is 16.0 Å². The molecule has 1 unspecified atom stereocenters. The van der Waals surface area contributed by atoms with E-state index in [1.165, 1.54) is 16.8 Å². The Kier molecular flexibility index (Phi) is 10.6. The van der Waals surface area contributed by atoms with E-state index in [9.17, 15) is 19.2 Å². The summed E-state index contributed by atoms with van der Waals surface area (Å²) < 4.78 is 0. The number of benzene rings is 4. The second-order valence-corrected chi connectivity index (χ2v) is 11.9. The van der Waals surface area contributed by atoms with Gasteiger partial charge in [0.1, 0.15) is 11.5 Å². The van der Waals surface area contributed by atoms with Crippen LogP contribution in [0.4, 0.5) is 11.4 Å². The molecule has 0 spiro atoms. The largest absolute Gasteiger partial charge is 0.321 e. The van der Waals surface area contributed by atoms with Crippen molar-refractivity contribution in [2.45, 2.75) is 29.9 Å². The molecule has 0 fully saturated rings. The number of hydrogen-bond acceptors (Lipinski definition) is 6. The molecule has 0 saturated carbocycles. The Labute approximate surface area is 275 Å². The van der Waals surface area contributed by atoms with E-state index in [0.717, 1.165) is 4.90 Å². The Balaban J connectivity index is 1.27. The highest BCUT2D eigenvalue weighted by Gasteiger charge is 2.28. The van der Waals surface area contributed by atoms with Crippen LogP contribution in [0, 0.1) is 0 Å². The maximum atomic E-state index is 13.5. The quantitative estimate of drug-likeness (QED) is 0.134. The summed E-state index contributed by atoms with van der Waals surface area (Å²) in [7, 11) is 0. The smallest absolute Gasteiger partial charge is 0.272 e. The number of thioether (sulfide) groups is 1. The maximum absolute atomic E-state index is 13.5. The van der Waals surface area contributed by atoms with E-state index in [-0.39, 0.29) is 29.8 Å². The number of anilines is 2. The SMILES string of the molecule is CCC(Sc1cccc(NC(=O)/C(=C/c2cccc(Cl)c2)NC(=O)c2ccccc2)c1)C(=O)NC1=NN(c2ccccc2)C(=O)C1. The van der Waals surface area contributed by atoms with Crippen LogP contribution in [0.15, 0.2) is 125 Å². The molecule has 46 heavy (non-hydrogen) atoms. The van der Waals surface area contributed by atoms with Crippen LogP contribution in [0.2, 0.25) is 5.02 Å². The number of rotatable bonds is 10. The number of nitrogens with one attached hydrogen (secondary N) is 3. The lowest BCUT2D eigenvalue weighted by atomic mass is 10.1. The molecule has 0 aromatic heterocycles. The predicted molar refractivity (Wildman–Crippen MR) is 182 cm³/mol. The van der Waals surface area contributed by atoms with Gasteiger partial charge in [0, 0.05) is 21.2 Å². The van der Waals surface area contributed by atoms with E-state index in [1.807, 2.05) is 31.2 Å². The second-order valence-electron chi connectivity index (χ2n) is 10.2. The van der Waals surface area contributed by atoms with Crippen molar-refractivity contribution >= 4 is 70.3 Å². The Hall–Kier alpha value is -5.19. The standard InChI is InChI=1S/C35H30ClN5O4S/c1-2-30(35(45)39-31-22-32(42)41(40-31)27-16-7-4-8-17-27)46-28-18-10-15-26(21-28)37-34(44)29(20-23-11-9-14-25(36)19-23)38-33(43)24-12-5-3-6-13-24/h3-21,30H,2,22H2,1H3,(H,37,44)(H,38,43)(H,39,40,45)/b29-20-. The fourth-order valence-electron chi connectivity index (χ4n) is 4.53. The van der Waals surface area contributed by atoms with Crippen LogP contribution in [-0.2, 0) is 14.4 Å². The van der Waals surface area contributed by atoms with Crippen molar-refractivity contribution in [1.29, 1.82) is 0 Å². The molecule has 5 rings (SSSR count). The number of para-hydroxylation sites is 1. The fourth-order valence-corrected chi connectivity index (χ4v) is 5.74. The number of nitrogens with zero attached hydrogens (tertiary/aromatic N) is 2. The topological polar surface area (TPSA) is 120 Å². The van der Waals surface area contributed by atoms with Crippen molar-refractivity contribution in [2.75, 3.05) is 10.3 Å². The first-order valence-electron chi connectivity index (χ1n) is 14.5. The van der Waals surface area contributed by atoms with Crippen molar-refractivity contribution in [3.05, 3.63) is 131 Å². The third-order valence-corrected chi connectivity index (χ3v) is 8.36. The first-order valence-corrected chi connectivity index (χ1v) is 15.7. The lowest BCUT2D eigenvalue weighted by Gasteiger charge is -2.15. The first kappa shape index (κ1) is 32.2. The van der Waals surface area contributed by atoms with Crippen LogP contribution in [-0.4, -0.2) is 34.7 Å². The minimum absolute atomic E-state index is 0.00486. The molecule has 0 aliphatic carbocycles. The number of carbonyl (C=O) groups excluding carboxylic acids is 4. The zero-order valence-corrected chi connectivity index (χ0v) is 26.3. The predicted octanol–water partition coefficient (Wildman–Crippen LogP) is 6.49. The molecule has 1 heterocycles. The van der Waals surface area contributed by atoms with Gasteiger partial charge in [0.05, 0.1) is 17.4 Å². The third kappa shape index (κ3) is 8.50. The average molecular weight is 652 g/mol. The van der Waals surface area contributed by atoms with Crippen LogP contribution >= 0.6 is 23.4 Å². The minimum Gasteiger partial charge on any atom is -0.321 e. The number of hydrogen-bond donors (Lipinski definition) is 3. The molecule has 0 radical (unpaired) electrons. The average Bonchev–Trinajstić information content (AvgIpc) is 3.43. The molecule has 3 N–H and O–H groups in total. The highest BCUT2D eigenvalue weighted by atomic mass is 35.5. The molecular formula is C35H30ClN5O4S. The first-order chi connectivity index (χ1) is 22.3. The van der Waals surface area contributed by atoms with E-state index in [0.29, 0.717) is 33.9 Å². The van der Waals surface area contributed by atoms with E-state index in [2.05, 4.69) is 21.1 Å². The summed E-state index contributed by atoms with van der Waals surface area (Å²) in [6.07, 6.45) is 2.05. The van der Waals surface area contributed by atoms with Gasteiger partial charge in [-0.05, 0) is 72.7 Å². The number of carbonyl (C=O) groups is 4. The van der Waals surface area contributed by atoms with Gasteiger partial charge in [0.2, 0.25) is 5.91 Å². The summed E-state index contributed by atoms with van der Waals surface area (Å²) in [5.41, 5.74) is 2.15. The molecule has 4 amide bonds. The molecular weight excluding hydrogens is 622 g/mol. The Morgan fingerprint density at radius 2 is 1.63 bits per heavy atom. The van der Waals surface area contributed by atoms with Gasteiger partial charge in [-0.15, -0.1) is 11.8 Å². The Bertz CT molecular complexity index is 1810. The molecule has 0 saturated heterocycles.